The number of ether oxygens (including phenoxy) is 1. The predicted octanol–water partition coefficient (Wildman–Crippen LogP) is 7.02. The summed E-state index contributed by atoms with van der Waals surface area (Å²) in [5.41, 5.74) is 1.26. The van der Waals surface area contributed by atoms with Crippen LogP contribution in [0.4, 0.5) is 8.78 Å². The topological polar surface area (TPSA) is 62.7 Å². The van der Waals surface area contributed by atoms with Crippen molar-refractivity contribution >= 4 is 28.5 Å². The average Bonchev–Trinajstić information content (AvgIpc) is 2.89. The molecule has 1 N–H and O–H groups in total. The van der Waals surface area contributed by atoms with Crippen LogP contribution in [-0.4, -0.2) is 47.7 Å². The molecule has 1 aromatic heterocycles. The summed E-state index contributed by atoms with van der Waals surface area (Å²) in [5, 5.41) is 10.5. The third-order valence-corrected chi connectivity index (χ3v) is 7.93. The van der Waals surface area contributed by atoms with E-state index in [2.05, 4.69) is 9.88 Å². The van der Waals surface area contributed by atoms with Gasteiger partial charge in [-0.2, -0.15) is 0 Å². The number of halogens is 3. The fourth-order valence-corrected chi connectivity index (χ4v) is 5.74. The van der Waals surface area contributed by atoms with Crippen LogP contribution in [0.3, 0.4) is 0 Å². The molecule has 3 aromatic rings. The summed E-state index contributed by atoms with van der Waals surface area (Å²) in [5.74, 6) is -0.446. The quantitative estimate of drug-likeness (QED) is 0.289. The monoisotopic (exact) mass is 530 g/mol. The molecule has 198 valence electrons. The number of aliphatic carboxylic acids is 1. The van der Waals surface area contributed by atoms with E-state index in [-0.39, 0.29) is 23.7 Å². The molecular weight excluding hydrogens is 498 g/mol. The van der Waals surface area contributed by atoms with Crippen LogP contribution in [0, 0.1) is 11.2 Å². The fraction of sp³-hybridized carbons (Fsp3) is 0.448. The van der Waals surface area contributed by atoms with Crippen molar-refractivity contribution in [2.75, 3.05) is 26.7 Å². The molecule has 1 aliphatic rings. The lowest BCUT2D eigenvalue weighted by molar-refractivity contribution is -0.141. The Bertz CT molecular complexity index is 1230. The fourth-order valence-electron chi connectivity index (χ4n) is 5.47. The van der Waals surface area contributed by atoms with Gasteiger partial charge in [-0.1, -0.05) is 29.8 Å². The van der Waals surface area contributed by atoms with Crippen LogP contribution < -0.4 is 4.74 Å². The number of likely N-dealkylation sites (tertiary alicyclic amines) is 1. The number of carboxylic acids is 1. The first-order valence-corrected chi connectivity index (χ1v) is 13.1. The van der Waals surface area contributed by atoms with Gasteiger partial charge in [0.1, 0.15) is 17.7 Å². The second kappa shape index (κ2) is 12.2. The third-order valence-electron chi connectivity index (χ3n) is 7.63. The standard InChI is InChI=1S/C29H33ClF2N2O3/c1-37-21-8-9-26-22(17-21)28(23(30)19-33-26)25(32)10-11-29(18-27(35)36)12-15-34(16-13-29)14-4-6-20-5-2-3-7-24(20)31/h2-3,5,7-9,17,19,25H,4,6,10-16,18H2,1H3,(H,35,36). The van der Waals surface area contributed by atoms with Gasteiger partial charge in [-0.3, -0.25) is 9.78 Å². The highest BCUT2D eigenvalue weighted by molar-refractivity contribution is 6.32. The normalized spacial score (nSPS) is 16.5. The molecule has 2 aromatic carbocycles. The number of alkyl halides is 1. The molecule has 37 heavy (non-hydrogen) atoms. The third kappa shape index (κ3) is 6.76. The van der Waals surface area contributed by atoms with Gasteiger partial charge in [0.15, 0.2) is 0 Å². The minimum atomic E-state index is -1.35. The summed E-state index contributed by atoms with van der Waals surface area (Å²) >= 11 is 6.39. The summed E-state index contributed by atoms with van der Waals surface area (Å²) in [4.78, 5) is 18.3. The van der Waals surface area contributed by atoms with Gasteiger partial charge in [-0.05, 0) is 93.4 Å². The Labute approximate surface area is 221 Å². The van der Waals surface area contributed by atoms with Crippen molar-refractivity contribution in [1.29, 1.82) is 0 Å². The van der Waals surface area contributed by atoms with Crippen LogP contribution >= 0.6 is 11.6 Å². The van der Waals surface area contributed by atoms with Crippen molar-refractivity contribution in [1.82, 2.24) is 9.88 Å². The number of hydrogen-bond donors (Lipinski definition) is 1. The van der Waals surface area contributed by atoms with Crippen LogP contribution in [-0.2, 0) is 11.2 Å². The van der Waals surface area contributed by atoms with Crippen molar-refractivity contribution in [3.63, 3.8) is 0 Å². The minimum Gasteiger partial charge on any atom is -0.497 e. The van der Waals surface area contributed by atoms with Gasteiger partial charge in [0, 0.05) is 17.1 Å². The molecule has 8 heteroatoms. The van der Waals surface area contributed by atoms with E-state index in [1.165, 1.54) is 12.3 Å². The predicted molar refractivity (Wildman–Crippen MR) is 141 cm³/mol. The number of piperidine rings is 1. The van der Waals surface area contributed by atoms with Crippen molar-refractivity contribution < 1.29 is 23.4 Å². The van der Waals surface area contributed by atoms with Gasteiger partial charge >= 0.3 is 5.97 Å². The lowest BCUT2D eigenvalue weighted by Gasteiger charge is -2.41. The Morgan fingerprint density at radius 2 is 2.00 bits per heavy atom. The second-order valence-corrected chi connectivity index (χ2v) is 10.4. The SMILES string of the molecule is COc1ccc2ncc(Cl)c(C(F)CCC3(CC(=O)O)CCN(CCCc4ccccc4F)CC3)c2c1. The Kier molecular flexibility index (Phi) is 8.98. The maximum atomic E-state index is 15.7. The number of carbonyl (C=O) groups is 1. The zero-order valence-corrected chi connectivity index (χ0v) is 21.8. The van der Waals surface area contributed by atoms with Gasteiger partial charge in [-0.15, -0.1) is 0 Å². The number of rotatable bonds is 11. The van der Waals surface area contributed by atoms with Crippen molar-refractivity contribution in [2.45, 2.75) is 51.1 Å². The molecule has 0 radical (unpaired) electrons. The highest BCUT2D eigenvalue weighted by Gasteiger charge is 2.37. The maximum absolute atomic E-state index is 15.7. The first-order valence-electron chi connectivity index (χ1n) is 12.7. The molecule has 0 bridgehead atoms. The molecule has 1 atom stereocenters. The summed E-state index contributed by atoms with van der Waals surface area (Å²) < 4.78 is 34.9. The zero-order chi connectivity index (χ0) is 26.4. The van der Waals surface area contributed by atoms with E-state index in [0.717, 1.165) is 26.1 Å². The highest BCUT2D eigenvalue weighted by atomic mass is 35.5. The number of pyridine rings is 1. The van der Waals surface area contributed by atoms with Crippen LogP contribution in [0.5, 0.6) is 5.75 Å². The van der Waals surface area contributed by atoms with Crippen molar-refractivity contribution in [3.05, 3.63) is 70.6 Å². The van der Waals surface area contributed by atoms with Gasteiger partial charge in [-0.25, -0.2) is 8.78 Å². The Morgan fingerprint density at radius 3 is 2.70 bits per heavy atom. The number of aryl methyl sites for hydroxylation is 1. The van der Waals surface area contributed by atoms with E-state index >= 15 is 4.39 Å². The number of benzene rings is 2. The van der Waals surface area contributed by atoms with Crippen LogP contribution in [0.25, 0.3) is 10.9 Å². The number of aromatic nitrogens is 1. The maximum Gasteiger partial charge on any atom is 0.303 e. The number of methoxy groups -OCH3 is 1. The van der Waals surface area contributed by atoms with Gasteiger partial charge in [0.25, 0.3) is 0 Å². The zero-order valence-electron chi connectivity index (χ0n) is 21.1. The van der Waals surface area contributed by atoms with Gasteiger partial charge in [0.05, 0.1) is 24.1 Å². The number of hydrogen-bond acceptors (Lipinski definition) is 4. The summed E-state index contributed by atoms with van der Waals surface area (Å²) in [6, 6.07) is 12.1. The minimum absolute atomic E-state index is 0.0153. The molecule has 1 unspecified atom stereocenters. The molecule has 4 rings (SSSR count). The molecule has 1 fully saturated rings. The number of nitrogens with zero attached hydrogens (tertiary/aromatic N) is 2. The smallest absolute Gasteiger partial charge is 0.303 e. The Morgan fingerprint density at radius 1 is 1.24 bits per heavy atom. The molecule has 2 heterocycles. The average molecular weight is 531 g/mol. The van der Waals surface area contributed by atoms with Gasteiger partial charge < -0.3 is 14.7 Å². The van der Waals surface area contributed by atoms with Crippen molar-refractivity contribution in [3.8, 4) is 5.75 Å². The van der Waals surface area contributed by atoms with Crippen LogP contribution in [0.15, 0.2) is 48.7 Å². The van der Waals surface area contributed by atoms with E-state index in [0.29, 0.717) is 53.5 Å². The first kappa shape index (κ1) is 27.3. The molecule has 5 nitrogen and oxygen atoms in total. The highest BCUT2D eigenvalue weighted by Crippen LogP contribution is 2.44. The van der Waals surface area contributed by atoms with Crippen LogP contribution in [0.2, 0.25) is 5.02 Å². The van der Waals surface area contributed by atoms with Crippen molar-refractivity contribution in [2.24, 2.45) is 5.41 Å². The van der Waals surface area contributed by atoms with E-state index in [9.17, 15) is 14.3 Å². The van der Waals surface area contributed by atoms with E-state index in [4.69, 9.17) is 16.3 Å². The first-order chi connectivity index (χ1) is 17.8. The second-order valence-electron chi connectivity index (χ2n) is 10.0. The molecule has 1 aliphatic heterocycles. The number of carboxylic acid groups (broad SMARTS) is 1. The molecular formula is C29H33ClF2N2O3. The number of fused-ring (bicyclic) bond motifs is 1. The molecule has 0 aliphatic carbocycles. The summed E-state index contributed by atoms with van der Waals surface area (Å²) in [7, 11) is 1.55. The molecule has 1 saturated heterocycles. The lowest BCUT2D eigenvalue weighted by atomic mass is 9.71. The summed E-state index contributed by atoms with van der Waals surface area (Å²) in [6.07, 6.45) is 3.62. The van der Waals surface area contributed by atoms with Crippen LogP contribution in [0.1, 0.15) is 55.8 Å². The van der Waals surface area contributed by atoms with E-state index in [1.807, 2.05) is 12.1 Å². The summed E-state index contributed by atoms with van der Waals surface area (Å²) in [6.45, 7) is 2.32. The molecule has 0 saturated carbocycles. The van der Waals surface area contributed by atoms with E-state index < -0.39 is 17.6 Å². The largest absolute Gasteiger partial charge is 0.497 e. The van der Waals surface area contributed by atoms with E-state index in [1.54, 1.807) is 31.4 Å². The Balaban J connectivity index is 1.39. The van der Waals surface area contributed by atoms with Gasteiger partial charge in [0.2, 0.25) is 0 Å². The lowest BCUT2D eigenvalue weighted by Crippen LogP contribution is -2.41. The molecule has 0 amide bonds. The molecule has 0 spiro atoms. The Hall–Kier alpha value is -2.77.